The van der Waals surface area contributed by atoms with E-state index in [0.717, 1.165) is 4.47 Å². The highest BCUT2D eigenvalue weighted by atomic mass is 79.9. The van der Waals surface area contributed by atoms with Crippen LogP contribution in [0.5, 0.6) is 23.0 Å². The summed E-state index contributed by atoms with van der Waals surface area (Å²) in [5.41, 5.74) is 4.93. The Hall–Kier alpha value is -2.94. The molecule has 0 aromatic heterocycles. The van der Waals surface area contributed by atoms with Crippen molar-refractivity contribution < 1.29 is 28.5 Å². The smallest absolute Gasteiger partial charge is 0.276 e. The number of hydrazine groups is 1. The van der Waals surface area contributed by atoms with Crippen LogP contribution in [0.25, 0.3) is 0 Å². The molecule has 8 nitrogen and oxygen atoms in total. The van der Waals surface area contributed by atoms with Crippen LogP contribution in [0, 0.1) is 0 Å². The first-order valence-corrected chi connectivity index (χ1v) is 10.3. The van der Waals surface area contributed by atoms with Crippen molar-refractivity contribution in [2.24, 2.45) is 0 Å². The SMILES string of the molecule is CCOc1cc(C(=O)NNC(=O)COc2ccc(Br)cc2)cc(OCC)c1OCC. The molecular weight excluding hydrogens is 456 g/mol. The molecule has 0 atom stereocenters. The number of carbonyl (C=O) groups is 2. The molecule has 0 aliphatic rings. The van der Waals surface area contributed by atoms with Crippen LogP contribution >= 0.6 is 15.9 Å². The normalized spacial score (nSPS) is 10.1. The van der Waals surface area contributed by atoms with E-state index < -0.39 is 11.8 Å². The molecular formula is C21H25BrN2O6. The second-order valence-corrected chi connectivity index (χ2v) is 6.76. The molecule has 30 heavy (non-hydrogen) atoms. The van der Waals surface area contributed by atoms with E-state index in [2.05, 4.69) is 26.8 Å². The lowest BCUT2D eigenvalue weighted by Gasteiger charge is -2.17. The molecule has 0 spiro atoms. The van der Waals surface area contributed by atoms with E-state index in [-0.39, 0.29) is 12.2 Å². The molecule has 2 rings (SSSR count). The van der Waals surface area contributed by atoms with Crippen molar-refractivity contribution in [3.63, 3.8) is 0 Å². The molecule has 9 heteroatoms. The molecule has 2 aromatic rings. The third kappa shape index (κ3) is 6.84. The van der Waals surface area contributed by atoms with Gasteiger partial charge in [0.1, 0.15) is 5.75 Å². The van der Waals surface area contributed by atoms with E-state index in [1.54, 1.807) is 24.3 Å². The second kappa shape index (κ2) is 11.9. The fourth-order valence-corrected chi connectivity index (χ4v) is 2.70. The van der Waals surface area contributed by atoms with Crippen LogP contribution in [0.15, 0.2) is 40.9 Å². The Morgan fingerprint density at radius 1 is 0.833 bits per heavy atom. The fourth-order valence-electron chi connectivity index (χ4n) is 2.43. The molecule has 0 saturated heterocycles. The maximum Gasteiger partial charge on any atom is 0.276 e. The number of carbonyl (C=O) groups excluding carboxylic acids is 2. The van der Waals surface area contributed by atoms with Gasteiger partial charge >= 0.3 is 0 Å². The number of hydrogen-bond acceptors (Lipinski definition) is 6. The van der Waals surface area contributed by atoms with Gasteiger partial charge in [-0.2, -0.15) is 0 Å². The van der Waals surface area contributed by atoms with Gasteiger partial charge in [-0.3, -0.25) is 20.4 Å². The molecule has 0 bridgehead atoms. The van der Waals surface area contributed by atoms with Crippen LogP contribution in [0.3, 0.4) is 0 Å². The zero-order valence-electron chi connectivity index (χ0n) is 17.1. The summed E-state index contributed by atoms with van der Waals surface area (Å²) in [5, 5.41) is 0. The fraction of sp³-hybridized carbons (Fsp3) is 0.333. The maximum atomic E-state index is 12.5. The zero-order chi connectivity index (χ0) is 21.9. The Kier molecular flexibility index (Phi) is 9.27. The molecule has 0 aliphatic carbocycles. The van der Waals surface area contributed by atoms with E-state index >= 15 is 0 Å². The Balaban J connectivity index is 2.02. The highest BCUT2D eigenvalue weighted by Gasteiger charge is 2.18. The number of halogens is 1. The number of benzene rings is 2. The highest BCUT2D eigenvalue weighted by Crippen LogP contribution is 2.39. The van der Waals surface area contributed by atoms with Gasteiger partial charge in [0, 0.05) is 10.0 Å². The van der Waals surface area contributed by atoms with Crippen LogP contribution in [0.2, 0.25) is 0 Å². The lowest BCUT2D eigenvalue weighted by molar-refractivity contribution is -0.123. The van der Waals surface area contributed by atoms with Gasteiger partial charge < -0.3 is 18.9 Å². The molecule has 2 aromatic carbocycles. The standard InChI is InChI=1S/C21H25BrN2O6/c1-4-27-17-11-14(12-18(28-5-2)20(17)29-6-3)21(26)24-23-19(25)13-30-16-9-7-15(22)8-10-16/h7-12H,4-6,13H2,1-3H3,(H,23,25)(H,24,26). The first-order valence-electron chi connectivity index (χ1n) is 9.52. The van der Waals surface area contributed by atoms with Crippen molar-refractivity contribution in [2.75, 3.05) is 26.4 Å². The summed E-state index contributed by atoms with van der Waals surface area (Å²) in [4.78, 5) is 24.5. The Morgan fingerprint density at radius 3 is 1.93 bits per heavy atom. The molecule has 0 radical (unpaired) electrons. The molecule has 0 saturated carbocycles. The third-order valence-corrected chi connectivity index (χ3v) is 4.20. The van der Waals surface area contributed by atoms with Crippen molar-refractivity contribution in [1.29, 1.82) is 0 Å². The van der Waals surface area contributed by atoms with Crippen LogP contribution in [-0.2, 0) is 4.79 Å². The monoisotopic (exact) mass is 480 g/mol. The van der Waals surface area contributed by atoms with Gasteiger partial charge in [0.05, 0.1) is 19.8 Å². The lowest BCUT2D eigenvalue weighted by atomic mass is 10.1. The van der Waals surface area contributed by atoms with E-state index in [1.165, 1.54) is 12.1 Å². The van der Waals surface area contributed by atoms with Crippen molar-refractivity contribution in [2.45, 2.75) is 20.8 Å². The van der Waals surface area contributed by atoms with E-state index in [1.807, 2.05) is 20.8 Å². The van der Waals surface area contributed by atoms with Crippen LogP contribution in [-0.4, -0.2) is 38.2 Å². The van der Waals surface area contributed by atoms with Crippen molar-refractivity contribution >= 4 is 27.7 Å². The van der Waals surface area contributed by atoms with Crippen LogP contribution in [0.1, 0.15) is 31.1 Å². The van der Waals surface area contributed by atoms with Gasteiger partial charge in [0.25, 0.3) is 11.8 Å². The number of rotatable bonds is 10. The van der Waals surface area contributed by atoms with Gasteiger partial charge in [-0.25, -0.2) is 0 Å². The molecule has 2 N–H and O–H groups in total. The molecule has 0 heterocycles. The van der Waals surface area contributed by atoms with Gasteiger partial charge in [-0.15, -0.1) is 0 Å². The minimum Gasteiger partial charge on any atom is -0.490 e. The average Bonchev–Trinajstić information content (AvgIpc) is 2.74. The first kappa shape index (κ1) is 23.3. The van der Waals surface area contributed by atoms with Gasteiger partial charge in [-0.1, -0.05) is 15.9 Å². The second-order valence-electron chi connectivity index (χ2n) is 5.85. The predicted molar refractivity (Wildman–Crippen MR) is 115 cm³/mol. The largest absolute Gasteiger partial charge is 0.490 e. The van der Waals surface area contributed by atoms with Gasteiger partial charge in [-0.05, 0) is 57.2 Å². The van der Waals surface area contributed by atoms with Crippen molar-refractivity contribution in [3.05, 3.63) is 46.4 Å². The summed E-state index contributed by atoms with van der Waals surface area (Å²) in [6.07, 6.45) is 0. The van der Waals surface area contributed by atoms with Crippen molar-refractivity contribution in [3.8, 4) is 23.0 Å². The molecule has 2 amide bonds. The number of hydrogen-bond donors (Lipinski definition) is 2. The van der Waals surface area contributed by atoms with E-state index in [0.29, 0.717) is 42.8 Å². The zero-order valence-corrected chi connectivity index (χ0v) is 18.7. The first-order chi connectivity index (χ1) is 14.5. The predicted octanol–water partition coefficient (Wildman–Crippen LogP) is 3.49. The molecule has 0 fully saturated rings. The molecule has 0 aliphatic heterocycles. The summed E-state index contributed by atoms with van der Waals surface area (Å²) in [5.74, 6) is 0.712. The van der Waals surface area contributed by atoms with E-state index in [4.69, 9.17) is 18.9 Å². The van der Waals surface area contributed by atoms with E-state index in [9.17, 15) is 9.59 Å². The number of amides is 2. The number of nitrogens with one attached hydrogen (secondary N) is 2. The minimum atomic E-state index is -0.531. The van der Waals surface area contributed by atoms with Crippen LogP contribution < -0.4 is 29.8 Å². The lowest BCUT2D eigenvalue weighted by Crippen LogP contribution is -2.43. The molecule has 162 valence electrons. The summed E-state index contributed by atoms with van der Waals surface area (Å²) >= 11 is 3.32. The van der Waals surface area contributed by atoms with Gasteiger partial charge in [0.15, 0.2) is 18.1 Å². The van der Waals surface area contributed by atoms with Crippen LogP contribution in [0.4, 0.5) is 0 Å². The Morgan fingerprint density at radius 2 is 1.40 bits per heavy atom. The number of ether oxygens (including phenoxy) is 4. The average molecular weight is 481 g/mol. The Labute approximate surface area is 183 Å². The Bertz CT molecular complexity index is 830. The summed E-state index contributed by atoms with van der Waals surface area (Å²) < 4.78 is 23.1. The van der Waals surface area contributed by atoms with Gasteiger partial charge in [0.2, 0.25) is 5.75 Å². The molecule has 0 unspecified atom stereocenters. The summed E-state index contributed by atoms with van der Waals surface area (Å²) in [6.45, 7) is 6.45. The highest BCUT2D eigenvalue weighted by molar-refractivity contribution is 9.10. The maximum absolute atomic E-state index is 12.5. The quantitative estimate of drug-likeness (QED) is 0.505. The topological polar surface area (TPSA) is 95.1 Å². The summed E-state index contributed by atoms with van der Waals surface area (Å²) in [6, 6.07) is 10.1. The third-order valence-electron chi connectivity index (χ3n) is 3.67. The summed E-state index contributed by atoms with van der Waals surface area (Å²) in [7, 11) is 0. The van der Waals surface area contributed by atoms with Crippen molar-refractivity contribution in [1.82, 2.24) is 10.9 Å². The minimum absolute atomic E-state index is 0.250.